The first-order valence-corrected chi connectivity index (χ1v) is 12.2. The maximum absolute atomic E-state index is 12.2. The average Bonchev–Trinajstić information content (AvgIpc) is 3.52. The number of aromatic nitrogens is 6. The molecule has 0 atom stereocenters. The topological polar surface area (TPSA) is 92.1 Å². The van der Waals surface area contributed by atoms with Crippen LogP contribution in [0, 0.1) is 6.92 Å². The van der Waals surface area contributed by atoms with Crippen LogP contribution in [0.25, 0.3) is 39.1 Å². The van der Waals surface area contributed by atoms with Crippen molar-refractivity contribution in [3.05, 3.63) is 66.2 Å². The fourth-order valence-corrected chi connectivity index (χ4v) is 5.11. The van der Waals surface area contributed by atoms with Crippen molar-refractivity contribution in [2.75, 3.05) is 13.1 Å². The Morgan fingerprint density at radius 2 is 1.83 bits per heavy atom. The van der Waals surface area contributed by atoms with Crippen LogP contribution in [0.15, 0.2) is 54.9 Å². The quantitative estimate of drug-likeness (QED) is 0.413. The molecule has 1 N–H and O–H groups in total. The van der Waals surface area contributed by atoms with Crippen LogP contribution in [-0.4, -0.2) is 53.7 Å². The third-order valence-corrected chi connectivity index (χ3v) is 7.04. The van der Waals surface area contributed by atoms with E-state index in [0.29, 0.717) is 6.42 Å². The number of carbonyl (C=O) groups is 1. The van der Waals surface area contributed by atoms with Gasteiger partial charge in [0.1, 0.15) is 0 Å². The fraction of sp³-hybridized carbons (Fsp3) is 0.296. The highest BCUT2D eigenvalue weighted by atomic mass is 16.2. The maximum Gasteiger partial charge on any atom is 0.222 e. The third kappa shape index (κ3) is 3.65. The van der Waals surface area contributed by atoms with Crippen LogP contribution in [0.2, 0.25) is 0 Å². The zero-order valence-corrected chi connectivity index (χ0v) is 19.9. The molecule has 1 fully saturated rings. The van der Waals surface area contributed by atoms with Crippen molar-refractivity contribution in [3.8, 4) is 22.4 Å². The molecule has 0 aliphatic carbocycles. The molecule has 1 aliphatic rings. The number of rotatable bonds is 4. The number of aromatic amines is 1. The van der Waals surface area contributed by atoms with Crippen LogP contribution in [-0.2, 0) is 4.79 Å². The number of H-pyrrole nitrogens is 1. The Morgan fingerprint density at radius 3 is 2.54 bits per heavy atom. The fourth-order valence-electron chi connectivity index (χ4n) is 5.11. The summed E-state index contributed by atoms with van der Waals surface area (Å²) < 4.78 is 1.82. The summed E-state index contributed by atoms with van der Waals surface area (Å²) in [6, 6.07) is 14.3. The zero-order chi connectivity index (χ0) is 23.9. The molecule has 0 bridgehead atoms. The highest BCUT2D eigenvalue weighted by Gasteiger charge is 2.28. The highest BCUT2D eigenvalue weighted by Crippen LogP contribution is 2.35. The largest absolute Gasteiger partial charge is 0.343 e. The van der Waals surface area contributed by atoms with E-state index in [-0.39, 0.29) is 11.8 Å². The second-order valence-corrected chi connectivity index (χ2v) is 9.14. The molecule has 1 amide bonds. The van der Waals surface area contributed by atoms with Gasteiger partial charge in [0, 0.05) is 54.0 Å². The molecule has 8 nitrogen and oxygen atoms in total. The molecule has 5 aromatic rings. The molecule has 4 aromatic heterocycles. The molecule has 0 radical (unpaired) electrons. The van der Waals surface area contributed by atoms with E-state index < -0.39 is 0 Å². The van der Waals surface area contributed by atoms with Gasteiger partial charge in [0.2, 0.25) is 5.91 Å². The number of pyridine rings is 1. The van der Waals surface area contributed by atoms with Crippen LogP contribution in [0.1, 0.15) is 43.5 Å². The van der Waals surface area contributed by atoms with Gasteiger partial charge in [-0.3, -0.25) is 14.9 Å². The van der Waals surface area contributed by atoms with E-state index in [0.717, 1.165) is 76.4 Å². The van der Waals surface area contributed by atoms with Crippen LogP contribution >= 0.6 is 0 Å². The number of hydrogen-bond donors (Lipinski definition) is 1. The van der Waals surface area contributed by atoms with Crippen LogP contribution in [0.3, 0.4) is 0 Å². The molecule has 0 spiro atoms. The van der Waals surface area contributed by atoms with E-state index >= 15 is 0 Å². The number of hydrogen-bond acceptors (Lipinski definition) is 5. The minimum atomic E-state index is 0.223. The number of aryl methyl sites for hydroxylation is 1. The Bertz CT molecular complexity index is 1510. The van der Waals surface area contributed by atoms with Crippen LogP contribution in [0.4, 0.5) is 0 Å². The number of nitrogens with one attached hydrogen (secondary N) is 1. The van der Waals surface area contributed by atoms with Gasteiger partial charge in [0.15, 0.2) is 11.3 Å². The van der Waals surface area contributed by atoms with Crippen molar-refractivity contribution in [2.24, 2.45) is 0 Å². The predicted molar refractivity (Wildman–Crippen MR) is 135 cm³/mol. The van der Waals surface area contributed by atoms with Crippen molar-refractivity contribution in [1.29, 1.82) is 0 Å². The van der Waals surface area contributed by atoms with Crippen molar-refractivity contribution < 1.29 is 4.79 Å². The average molecular weight is 466 g/mol. The van der Waals surface area contributed by atoms with Gasteiger partial charge in [-0.25, -0.2) is 4.98 Å². The summed E-state index contributed by atoms with van der Waals surface area (Å²) in [6.45, 7) is 5.47. The van der Waals surface area contributed by atoms with E-state index in [1.807, 2.05) is 59.9 Å². The summed E-state index contributed by atoms with van der Waals surface area (Å²) in [4.78, 5) is 24.0. The molecule has 35 heavy (non-hydrogen) atoms. The Balaban J connectivity index is 1.41. The van der Waals surface area contributed by atoms with E-state index in [1.165, 1.54) is 0 Å². The molecule has 1 saturated heterocycles. The summed E-state index contributed by atoms with van der Waals surface area (Å²) in [5.74, 6) is 0.488. The maximum atomic E-state index is 12.2. The van der Waals surface area contributed by atoms with E-state index in [9.17, 15) is 4.79 Å². The van der Waals surface area contributed by atoms with E-state index in [1.54, 1.807) is 0 Å². The number of fused-ring (bicyclic) bond motifs is 3. The number of nitrogens with zero attached hydrogens (tertiary/aromatic N) is 6. The van der Waals surface area contributed by atoms with Gasteiger partial charge in [0.25, 0.3) is 0 Å². The SMILES string of the molecule is CCC(=O)N1CCC(c2nc3c(-c4ccc(-c5ccccc5)nc4)cnn3c3n[nH]c(C)c23)CC1. The summed E-state index contributed by atoms with van der Waals surface area (Å²) in [5.41, 5.74) is 7.50. The smallest absolute Gasteiger partial charge is 0.222 e. The first-order chi connectivity index (χ1) is 17.1. The summed E-state index contributed by atoms with van der Waals surface area (Å²) in [7, 11) is 0. The molecule has 0 saturated carbocycles. The number of benzene rings is 1. The lowest BCUT2D eigenvalue weighted by Crippen LogP contribution is -2.37. The molecular weight excluding hydrogens is 438 g/mol. The van der Waals surface area contributed by atoms with Crippen molar-refractivity contribution in [2.45, 2.75) is 39.0 Å². The second kappa shape index (κ2) is 8.61. The first kappa shape index (κ1) is 21.5. The Hall–Kier alpha value is -4.07. The molecule has 176 valence electrons. The van der Waals surface area contributed by atoms with Gasteiger partial charge in [-0.1, -0.05) is 43.3 Å². The monoisotopic (exact) mass is 465 g/mol. The Morgan fingerprint density at radius 1 is 1.03 bits per heavy atom. The Kier molecular flexibility index (Phi) is 5.28. The van der Waals surface area contributed by atoms with Gasteiger partial charge in [-0.15, -0.1) is 0 Å². The number of piperidine rings is 1. The van der Waals surface area contributed by atoms with Gasteiger partial charge in [0.05, 0.1) is 23.0 Å². The molecular formula is C27H27N7O. The summed E-state index contributed by atoms with van der Waals surface area (Å²) in [6.07, 6.45) is 6.07. The molecule has 1 aromatic carbocycles. The molecule has 5 heterocycles. The molecule has 8 heteroatoms. The van der Waals surface area contributed by atoms with E-state index in [2.05, 4.69) is 33.5 Å². The van der Waals surface area contributed by atoms with E-state index in [4.69, 9.17) is 9.97 Å². The second-order valence-electron chi connectivity index (χ2n) is 9.14. The lowest BCUT2D eigenvalue weighted by atomic mass is 9.91. The standard InChI is InChI=1S/C27H27N7O/c1-3-23(35)33-13-11-19(12-14-33)25-24-17(2)31-32-27(24)34-26(30-25)21(16-29-34)20-9-10-22(28-15-20)18-7-5-4-6-8-18/h4-10,15-16,19H,3,11-14H2,1-2H3,(H,31,32). The highest BCUT2D eigenvalue weighted by molar-refractivity contribution is 5.87. The van der Waals surface area contributed by atoms with Crippen molar-refractivity contribution in [3.63, 3.8) is 0 Å². The molecule has 0 unspecified atom stereocenters. The lowest BCUT2D eigenvalue weighted by Gasteiger charge is -2.32. The van der Waals surface area contributed by atoms with Crippen LogP contribution < -0.4 is 0 Å². The predicted octanol–water partition coefficient (Wildman–Crippen LogP) is 4.76. The van der Waals surface area contributed by atoms with Crippen molar-refractivity contribution in [1.82, 2.24) is 34.7 Å². The number of likely N-dealkylation sites (tertiary alicyclic amines) is 1. The summed E-state index contributed by atoms with van der Waals surface area (Å²) in [5, 5.41) is 13.4. The molecule has 1 aliphatic heterocycles. The van der Waals surface area contributed by atoms with Gasteiger partial charge < -0.3 is 4.90 Å². The third-order valence-electron chi connectivity index (χ3n) is 7.04. The van der Waals surface area contributed by atoms with Gasteiger partial charge >= 0.3 is 0 Å². The molecule has 6 rings (SSSR count). The number of carbonyl (C=O) groups excluding carboxylic acids is 1. The number of amides is 1. The van der Waals surface area contributed by atoms with Crippen molar-refractivity contribution >= 4 is 22.6 Å². The minimum absolute atomic E-state index is 0.223. The normalized spacial score (nSPS) is 14.7. The van der Waals surface area contributed by atoms with Crippen LogP contribution in [0.5, 0.6) is 0 Å². The minimum Gasteiger partial charge on any atom is -0.343 e. The van der Waals surface area contributed by atoms with Gasteiger partial charge in [-0.05, 0) is 25.8 Å². The first-order valence-electron chi connectivity index (χ1n) is 12.2. The van der Waals surface area contributed by atoms with Gasteiger partial charge in [-0.2, -0.15) is 14.7 Å². The Labute approximate surface area is 203 Å². The zero-order valence-electron chi connectivity index (χ0n) is 19.9. The summed E-state index contributed by atoms with van der Waals surface area (Å²) >= 11 is 0. The lowest BCUT2D eigenvalue weighted by molar-refractivity contribution is -0.131.